The minimum atomic E-state index is -3.63. The van der Waals surface area contributed by atoms with E-state index in [4.69, 9.17) is 4.74 Å². The van der Waals surface area contributed by atoms with Gasteiger partial charge in [0, 0.05) is 12.6 Å². The minimum Gasteiger partial charge on any atom is -0.449 e. The van der Waals surface area contributed by atoms with Gasteiger partial charge in [-0.2, -0.15) is 0 Å². The molecule has 0 radical (unpaired) electrons. The molecule has 2 N–H and O–H groups in total. The lowest BCUT2D eigenvalue weighted by atomic mass is 9.89. The van der Waals surface area contributed by atoms with E-state index in [9.17, 15) is 18.0 Å². The average Bonchev–Trinajstić information content (AvgIpc) is 2.72. The number of benzene rings is 1. The molecular weight excluding hydrogens is 392 g/mol. The van der Waals surface area contributed by atoms with E-state index in [1.807, 2.05) is 6.92 Å². The number of hydrogen-bond donors (Lipinski definition) is 2. The third-order valence-corrected chi connectivity index (χ3v) is 6.92. The van der Waals surface area contributed by atoms with Crippen molar-refractivity contribution in [3.05, 3.63) is 29.8 Å². The maximum atomic E-state index is 12.3. The molecule has 1 aromatic rings. The van der Waals surface area contributed by atoms with E-state index in [0.29, 0.717) is 18.9 Å². The van der Waals surface area contributed by atoms with Crippen LogP contribution in [0.1, 0.15) is 69.7 Å². The lowest BCUT2D eigenvalue weighted by Crippen LogP contribution is -2.38. The van der Waals surface area contributed by atoms with Crippen LogP contribution in [0.15, 0.2) is 29.2 Å². The van der Waals surface area contributed by atoms with Crippen LogP contribution in [0.4, 0.5) is 0 Å². The Morgan fingerprint density at radius 1 is 1.10 bits per heavy atom. The van der Waals surface area contributed by atoms with E-state index < -0.39 is 22.1 Å². The molecule has 7 nitrogen and oxygen atoms in total. The van der Waals surface area contributed by atoms with Crippen LogP contribution in [0.2, 0.25) is 0 Å². The van der Waals surface area contributed by atoms with Crippen molar-refractivity contribution in [1.82, 2.24) is 10.0 Å². The zero-order valence-electron chi connectivity index (χ0n) is 17.4. The van der Waals surface area contributed by atoms with E-state index in [2.05, 4.69) is 10.0 Å². The van der Waals surface area contributed by atoms with Crippen molar-refractivity contribution in [3.63, 3.8) is 0 Å². The van der Waals surface area contributed by atoms with Crippen molar-refractivity contribution in [2.45, 2.75) is 76.3 Å². The van der Waals surface area contributed by atoms with Crippen LogP contribution >= 0.6 is 0 Å². The Morgan fingerprint density at radius 3 is 2.31 bits per heavy atom. The zero-order chi connectivity index (χ0) is 21.4. The normalized spacial score (nSPS) is 17.3. The molecule has 1 aliphatic carbocycles. The molecule has 0 aliphatic heterocycles. The van der Waals surface area contributed by atoms with Gasteiger partial charge >= 0.3 is 5.97 Å². The largest absolute Gasteiger partial charge is 0.449 e. The molecule has 1 aliphatic rings. The van der Waals surface area contributed by atoms with Gasteiger partial charge in [0.05, 0.1) is 10.5 Å². The van der Waals surface area contributed by atoms with Crippen LogP contribution in [-0.2, 0) is 19.6 Å². The van der Waals surface area contributed by atoms with Crippen molar-refractivity contribution in [1.29, 1.82) is 0 Å². The Kier molecular flexibility index (Phi) is 8.64. The van der Waals surface area contributed by atoms with Gasteiger partial charge in [0.15, 0.2) is 6.10 Å². The molecule has 0 aromatic heterocycles. The highest BCUT2D eigenvalue weighted by molar-refractivity contribution is 7.89. The summed E-state index contributed by atoms with van der Waals surface area (Å²) in [5.41, 5.74) is 0.194. The van der Waals surface area contributed by atoms with Crippen molar-refractivity contribution >= 4 is 21.9 Å². The fourth-order valence-corrected chi connectivity index (χ4v) is 4.58. The maximum Gasteiger partial charge on any atom is 0.338 e. The number of sulfonamides is 1. The number of nitrogens with one attached hydrogen (secondary N) is 2. The monoisotopic (exact) mass is 424 g/mol. The highest BCUT2D eigenvalue weighted by Crippen LogP contribution is 2.22. The summed E-state index contributed by atoms with van der Waals surface area (Å²) in [6.45, 7) is 5.81. The summed E-state index contributed by atoms with van der Waals surface area (Å²) in [7, 11) is -3.63. The van der Waals surface area contributed by atoms with Crippen LogP contribution < -0.4 is 10.0 Å². The molecule has 1 amide bonds. The highest BCUT2D eigenvalue weighted by Gasteiger charge is 2.22. The van der Waals surface area contributed by atoms with Gasteiger partial charge in [0.2, 0.25) is 10.0 Å². The molecule has 2 atom stereocenters. The molecule has 2 rings (SSSR count). The molecule has 1 saturated carbocycles. The molecule has 1 fully saturated rings. The van der Waals surface area contributed by atoms with Crippen LogP contribution in [0.3, 0.4) is 0 Å². The average molecular weight is 425 g/mol. The minimum absolute atomic E-state index is 0.0765. The third kappa shape index (κ3) is 7.12. The van der Waals surface area contributed by atoms with Crippen LogP contribution in [-0.4, -0.2) is 39.0 Å². The Balaban J connectivity index is 1.88. The first-order chi connectivity index (χ1) is 13.7. The first-order valence-corrected chi connectivity index (χ1v) is 11.8. The highest BCUT2D eigenvalue weighted by atomic mass is 32.2. The van der Waals surface area contributed by atoms with Gasteiger partial charge in [0.1, 0.15) is 0 Å². The second kappa shape index (κ2) is 10.7. The lowest BCUT2D eigenvalue weighted by molar-refractivity contribution is -0.129. The van der Waals surface area contributed by atoms with Gasteiger partial charge in [0.25, 0.3) is 5.91 Å². The molecule has 0 saturated heterocycles. The fourth-order valence-electron chi connectivity index (χ4n) is 3.25. The van der Waals surface area contributed by atoms with E-state index in [0.717, 1.165) is 12.8 Å². The first-order valence-electron chi connectivity index (χ1n) is 10.3. The number of ether oxygens (including phenoxy) is 1. The molecule has 29 heavy (non-hydrogen) atoms. The van der Waals surface area contributed by atoms with Crippen LogP contribution in [0, 0.1) is 5.92 Å². The van der Waals surface area contributed by atoms with Crippen LogP contribution in [0.25, 0.3) is 0 Å². The first kappa shape index (κ1) is 23.3. The number of hydrogen-bond acceptors (Lipinski definition) is 5. The number of carbonyl (C=O) groups excluding carboxylic acids is 2. The lowest BCUT2D eigenvalue weighted by Gasteiger charge is -2.22. The summed E-state index contributed by atoms with van der Waals surface area (Å²) in [4.78, 5) is 24.6. The molecule has 8 heteroatoms. The van der Waals surface area contributed by atoms with Crippen molar-refractivity contribution in [2.24, 2.45) is 5.92 Å². The van der Waals surface area contributed by atoms with Gasteiger partial charge in [-0.1, -0.05) is 26.2 Å². The summed E-state index contributed by atoms with van der Waals surface area (Å²) in [6.07, 6.45) is 5.65. The topological polar surface area (TPSA) is 102 Å². The number of carbonyl (C=O) groups is 2. The van der Waals surface area contributed by atoms with E-state index in [-0.39, 0.29) is 22.4 Å². The predicted molar refractivity (Wildman–Crippen MR) is 111 cm³/mol. The van der Waals surface area contributed by atoms with E-state index >= 15 is 0 Å². The third-order valence-electron chi connectivity index (χ3n) is 5.31. The zero-order valence-corrected chi connectivity index (χ0v) is 18.3. The van der Waals surface area contributed by atoms with Crippen molar-refractivity contribution in [2.75, 3.05) is 6.54 Å². The number of rotatable bonds is 9. The van der Waals surface area contributed by atoms with Crippen LogP contribution in [0.5, 0.6) is 0 Å². The smallest absolute Gasteiger partial charge is 0.338 e. The molecule has 162 valence electrons. The second-order valence-corrected chi connectivity index (χ2v) is 9.47. The molecule has 0 unspecified atom stereocenters. The van der Waals surface area contributed by atoms with Gasteiger partial charge in [-0.3, -0.25) is 4.79 Å². The van der Waals surface area contributed by atoms with Crippen molar-refractivity contribution < 1.29 is 22.7 Å². The Morgan fingerprint density at radius 2 is 1.72 bits per heavy atom. The number of esters is 1. The summed E-state index contributed by atoms with van der Waals surface area (Å²) < 4.78 is 32.3. The van der Waals surface area contributed by atoms with Gasteiger partial charge < -0.3 is 10.1 Å². The maximum absolute atomic E-state index is 12.3. The van der Waals surface area contributed by atoms with Gasteiger partial charge in [-0.25, -0.2) is 17.9 Å². The summed E-state index contributed by atoms with van der Waals surface area (Å²) in [5.74, 6) is -0.487. The predicted octanol–water partition coefficient (Wildman–Crippen LogP) is 3.01. The van der Waals surface area contributed by atoms with Gasteiger partial charge in [-0.15, -0.1) is 0 Å². The molecule has 0 heterocycles. The Labute approximate surface area is 173 Å². The molecule has 0 bridgehead atoms. The fraction of sp³-hybridized carbons (Fsp3) is 0.619. The quantitative estimate of drug-likeness (QED) is 0.594. The molecule has 1 aromatic carbocycles. The summed E-state index contributed by atoms with van der Waals surface area (Å²) in [5, 5.41) is 2.86. The van der Waals surface area contributed by atoms with E-state index in [1.54, 1.807) is 6.92 Å². The number of amides is 1. The standard InChI is InChI=1S/C21H32N2O5S/c1-4-15(2)23-29(26,27)19-12-10-18(11-13-19)21(25)28-16(3)20(24)22-14-17-8-6-5-7-9-17/h10-13,15-17,23H,4-9,14H2,1-3H3,(H,22,24)/t15-,16+/m1/s1. The summed E-state index contributed by atoms with van der Waals surface area (Å²) >= 11 is 0. The second-order valence-electron chi connectivity index (χ2n) is 7.75. The summed E-state index contributed by atoms with van der Waals surface area (Å²) in [6, 6.07) is 5.31. The molecule has 0 spiro atoms. The SMILES string of the molecule is CC[C@@H](C)NS(=O)(=O)c1ccc(C(=O)O[C@@H](C)C(=O)NCC2CCCCC2)cc1. The molecular formula is C21H32N2O5S. The van der Waals surface area contributed by atoms with E-state index in [1.165, 1.54) is 50.5 Å². The Bertz CT molecular complexity index is 786. The Hall–Kier alpha value is -1.93. The van der Waals surface area contributed by atoms with Crippen molar-refractivity contribution in [3.8, 4) is 0 Å². The van der Waals surface area contributed by atoms with Gasteiger partial charge in [-0.05, 0) is 63.3 Å².